The molecule has 0 saturated carbocycles. The van der Waals surface area contributed by atoms with Crippen molar-refractivity contribution in [2.45, 2.75) is 11.8 Å². The number of nitrogens with one attached hydrogen (secondary N) is 2. The van der Waals surface area contributed by atoms with E-state index in [1.165, 1.54) is 30.3 Å². The van der Waals surface area contributed by atoms with E-state index in [0.29, 0.717) is 16.3 Å². The van der Waals surface area contributed by atoms with Crippen molar-refractivity contribution in [3.8, 4) is 0 Å². The molecule has 0 aliphatic carbocycles. The minimum atomic E-state index is -4.04. The van der Waals surface area contributed by atoms with Gasteiger partial charge in [-0.1, -0.05) is 35.3 Å². The van der Waals surface area contributed by atoms with Gasteiger partial charge >= 0.3 is 0 Å². The Morgan fingerprint density at radius 2 is 1.66 bits per heavy atom. The van der Waals surface area contributed by atoms with Crippen LogP contribution in [0.15, 0.2) is 65.6 Å². The molecule has 3 aromatic carbocycles. The summed E-state index contributed by atoms with van der Waals surface area (Å²) in [5.41, 5.74) is 0.942. The highest BCUT2D eigenvalue weighted by atomic mass is 35.5. The van der Waals surface area contributed by atoms with Crippen molar-refractivity contribution in [3.63, 3.8) is 0 Å². The number of aryl methyl sites for hydroxylation is 1. The molecule has 0 aromatic heterocycles. The number of halogens is 3. The summed E-state index contributed by atoms with van der Waals surface area (Å²) in [5, 5.41) is 3.07. The molecule has 150 valence electrons. The quantitative estimate of drug-likeness (QED) is 0.536. The molecule has 0 aliphatic rings. The fraction of sp³-hybridized carbons (Fsp3) is 0.0500. The third-order valence-electron chi connectivity index (χ3n) is 4.05. The molecule has 1 amide bonds. The van der Waals surface area contributed by atoms with Crippen molar-refractivity contribution in [2.75, 3.05) is 10.0 Å². The van der Waals surface area contributed by atoms with Gasteiger partial charge in [-0.2, -0.15) is 0 Å². The van der Waals surface area contributed by atoms with Crippen LogP contribution in [0, 0.1) is 12.7 Å². The van der Waals surface area contributed by atoms with Crippen LogP contribution in [0.25, 0.3) is 0 Å². The number of rotatable bonds is 5. The fourth-order valence-electron chi connectivity index (χ4n) is 2.54. The predicted molar refractivity (Wildman–Crippen MR) is 113 cm³/mol. The second-order valence-corrected chi connectivity index (χ2v) is 8.67. The monoisotopic (exact) mass is 452 g/mol. The van der Waals surface area contributed by atoms with Crippen LogP contribution >= 0.6 is 23.2 Å². The Hall–Kier alpha value is -2.61. The molecule has 29 heavy (non-hydrogen) atoms. The van der Waals surface area contributed by atoms with E-state index in [2.05, 4.69) is 10.0 Å². The average molecular weight is 453 g/mol. The molecule has 0 aliphatic heterocycles. The van der Waals surface area contributed by atoms with Crippen molar-refractivity contribution in [2.24, 2.45) is 0 Å². The Bertz CT molecular complexity index is 1200. The summed E-state index contributed by atoms with van der Waals surface area (Å²) in [7, 11) is -4.04. The Morgan fingerprint density at radius 3 is 2.31 bits per heavy atom. The van der Waals surface area contributed by atoms with Gasteiger partial charge in [0.2, 0.25) is 0 Å². The van der Waals surface area contributed by atoms with E-state index in [4.69, 9.17) is 23.2 Å². The van der Waals surface area contributed by atoms with E-state index < -0.39 is 21.7 Å². The van der Waals surface area contributed by atoms with Crippen LogP contribution in [0.3, 0.4) is 0 Å². The molecular weight excluding hydrogens is 438 g/mol. The van der Waals surface area contributed by atoms with Gasteiger partial charge in [-0.3, -0.25) is 9.52 Å². The standard InChI is InChI=1S/C20H15Cl2FN2O3S/c1-12-10-13(21)6-8-18(12)25-29(27,28)14-7-9-19(17(23)11-14)24-20(26)15-4-2-3-5-16(15)22/h2-11,25H,1H3,(H,24,26). The molecule has 0 spiro atoms. The molecule has 9 heteroatoms. The lowest BCUT2D eigenvalue weighted by molar-refractivity contribution is 0.102. The maximum atomic E-state index is 14.5. The molecule has 3 aromatic rings. The maximum Gasteiger partial charge on any atom is 0.262 e. The van der Waals surface area contributed by atoms with Crippen LogP contribution in [0.1, 0.15) is 15.9 Å². The van der Waals surface area contributed by atoms with Gasteiger partial charge in [-0.05, 0) is 61.0 Å². The summed E-state index contributed by atoms with van der Waals surface area (Å²) in [6, 6.07) is 14.2. The first-order valence-corrected chi connectivity index (χ1v) is 10.6. The summed E-state index contributed by atoms with van der Waals surface area (Å²) >= 11 is 11.8. The second kappa shape index (κ2) is 8.41. The smallest absolute Gasteiger partial charge is 0.262 e. The van der Waals surface area contributed by atoms with Gasteiger partial charge in [-0.15, -0.1) is 0 Å². The highest BCUT2D eigenvalue weighted by Crippen LogP contribution is 2.25. The summed E-state index contributed by atoms with van der Waals surface area (Å²) in [6.45, 7) is 1.69. The number of benzene rings is 3. The van der Waals surface area contributed by atoms with Crippen LogP contribution in [0.4, 0.5) is 15.8 Å². The van der Waals surface area contributed by atoms with Crippen LogP contribution < -0.4 is 10.0 Å². The summed E-state index contributed by atoms with van der Waals surface area (Å²) in [6.07, 6.45) is 0. The summed E-state index contributed by atoms with van der Waals surface area (Å²) in [5.74, 6) is -1.51. The minimum Gasteiger partial charge on any atom is -0.319 e. The lowest BCUT2D eigenvalue weighted by atomic mass is 10.2. The largest absolute Gasteiger partial charge is 0.319 e. The molecule has 3 rings (SSSR count). The zero-order valence-corrected chi connectivity index (χ0v) is 17.4. The van der Waals surface area contributed by atoms with Gasteiger partial charge in [0.15, 0.2) is 0 Å². The van der Waals surface area contributed by atoms with E-state index in [1.807, 2.05) is 0 Å². The van der Waals surface area contributed by atoms with Gasteiger partial charge in [-0.25, -0.2) is 12.8 Å². The zero-order valence-electron chi connectivity index (χ0n) is 15.0. The number of amides is 1. The average Bonchev–Trinajstić information content (AvgIpc) is 2.66. The van der Waals surface area contributed by atoms with Crippen molar-refractivity contribution in [1.29, 1.82) is 0 Å². The molecule has 0 saturated heterocycles. The molecule has 0 radical (unpaired) electrons. The number of carbonyl (C=O) groups is 1. The molecule has 0 heterocycles. The Morgan fingerprint density at radius 1 is 0.966 bits per heavy atom. The first kappa shape index (κ1) is 21.1. The first-order valence-electron chi connectivity index (χ1n) is 8.32. The normalized spacial score (nSPS) is 11.2. The third-order valence-corrected chi connectivity index (χ3v) is 5.98. The van der Waals surface area contributed by atoms with Gasteiger partial charge in [0.25, 0.3) is 15.9 Å². The Balaban J connectivity index is 1.83. The van der Waals surface area contributed by atoms with Crippen molar-refractivity contribution in [1.82, 2.24) is 0 Å². The fourth-order valence-corrected chi connectivity index (χ4v) is 4.14. The zero-order chi connectivity index (χ0) is 21.2. The molecule has 5 nitrogen and oxygen atoms in total. The molecule has 0 atom stereocenters. The summed E-state index contributed by atoms with van der Waals surface area (Å²) < 4.78 is 42.0. The van der Waals surface area contributed by atoms with E-state index in [0.717, 1.165) is 6.07 Å². The molecular formula is C20H15Cl2FN2O3S. The highest BCUT2D eigenvalue weighted by molar-refractivity contribution is 7.92. The van der Waals surface area contributed by atoms with E-state index in [9.17, 15) is 17.6 Å². The number of hydrogen-bond acceptors (Lipinski definition) is 3. The predicted octanol–water partition coefficient (Wildman–Crippen LogP) is 5.49. The van der Waals surface area contributed by atoms with Crippen LogP contribution in [0.5, 0.6) is 0 Å². The van der Waals surface area contributed by atoms with Crippen LogP contribution in [-0.4, -0.2) is 14.3 Å². The SMILES string of the molecule is Cc1cc(Cl)ccc1NS(=O)(=O)c1ccc(NC(=O)c2ccccc2Cl)c(F)c1. The van der Waals surface area contributed by atoms with Crippen molar-refractivity contribution >= 4 is 50.5 Å². The molecule has 0 fully saturated rings. The van der Waals surface area contributed by atoms with Crippen molar-refractivity contribution in [3.05, 3.63) is 87.7 Å². The third kappa shape index (κ3) is 4.87. The van der Waals surface area contributed by atoms with E-state index >= 15 is 0 Å². The second-order valence-electron chi connectivity index (χ2n) is 6.14. The molecule has 0 bridgehead atoms. The minimum absolute atomic E-state index is 0.170. The lowest BCUT2D eigenvalue weighted by Crippen LogP contribution is -2.16. The van der Waals surface area contributed by atoms with Gasteiger partial charge in [0.1, 0.15) is 5.82 Å². The Kier molecular flexibility index (Phi) is 6.12. The van der Waals surface area contributed by atoms with Gasteiger partial charge in [0, 0.05) is 5.02 Å². The van der Waals surface area contributed by atoms with E-state index in [-0.39, 0.29) is 21.2 Å². The van der Waals surface area contributed by atoms with Gasteiger partial charge in [0.05, 0.1) is 26.9 Å². The number of hydrogen-bond donors (Lipinski definition) is 2. The first-order chi connectivity index (χ1) is 13.7. The number of carbonyl (C=O) groups excluding carboxylic acids is 1. The highest BCUT2D eigenvalue weighted by Gasteiger charge is 2.19. The van der Waals surface area contributed by atoms with E-state index in [1.54, 1.807) is 31.2 Å². The number of anilines is 2. The lowest BCUT2D eigenvalue weighted by Gasteiger charge is -2.12. The van der Waals surface area contributed by atoms with Crippen LogP contribution in [0.2, 0.25) is 10.0 Å². The summed E-state index contributed by atoms with van der Waals surface area (Å²) in [4.78, 5) is 12.0. The van der Waals surface area contributed by atoms with Crippen LogP contribution in [-0.2, 0) is 10.0 Å². The van der Waals surface area contributed by atoms with Gasteiger partial charge < -0.3 is 5.32 Å². The topological polar surface area (TPSA) is 75.3 Å². The molecule has 2 N–H and O–H groups in total. The number of sulfonamides is 1. The van der Waals surface area contributed by atoms with Crippen molar-refractivity contribution < 1.29 is 17.6 Å². The molecule has 0 unspecified atom stereocenters. The Labute approximate surface area is 177 Å². The maximum absolute atomic E-state index is 14.5.